The van der Waals surface area contributed by atoms with Gasteiger partial charge >= 0.3 is 5.97 Å². The van der Waals surface area contributed by atoms with Crippen LogP contribution in [-0.4, -0.2) is 23.3 Å². The Morgan fingerprint density at radius 2 is 2.28 bits per heavy atom. The fraction of sp³-hybridized carbons (Fsp3) is 0.273. The molecule has 18 heavy (non-hydrogen) atoms. The molecule has 1 rings (SSSR count). The first-order valence-corrected chi connectivity index (χ1v) is 6.15. The first-order valence-electron chi connectivity index (χ1n) is 4.92. The van der Waals surface area contributed by atoms with Crippen LogP contribution in [0.3, 0.4) is 0 Å². The summed E-state index contributed by atoms with van der Waals surface area (Å²) in [7, 11) is 0. The van der Waals surface area contributed by atoms with Gasteiger partial charge in [0.2, 0.25) is 0 Å². The second-order valence-corrected chi connectivity index (χ2v) is 4.17. The van der Waals surface area contributed by atoms with Gasteiger partial charge in [-0.3, -0.25) is 10.1 Å². The SMILES string of the molecule is CSc1ccc(C(=O)O[C@H](C)C#N)cc1[N+](=O)[O-]. The molecule has 0 fully saturated rings. The summed E-state index contributed by atoms with van der Waals surface area (Å²) in [6.07, 6.45) is 0.815. The monoisotopic (exact) mass is 266 g/mol. The van der Waals surface area contributed by atoms with Crippen LogP contribution in [0.2, 0.25) is 0 Å². The quantitative estimate of drug-likeness (QED) is 0.359. The molecule has 0 bridgehead atoms. The first-order chi connectivity index (χ1) is 8.49. The fourth-order valence-electron chi connectivity index (χ4n) is 1.21. The van der Waals surface area contributed by atoms with Crippen molar-refractivity contribution >= 4 is 23.4 Å². The lowest BCUT2D eigenvalue weighted by Gasteiger charge is -2.06. The van der Waals surface area contributed by atoms with E-state index in [4.69, 9.17) is 10.00 Å². The van der Waals surface area contributed by atoms with Crippen molar-refractivity contribution in [3.63, 3.8) is 0 Å². The van der Waals surface area contributed by atoms with E-state index in [0.717, 1.165) is 6.07 Å². The topological polar surface area (TPSA) is 93.2 Å². The number of nitro benzene ring substituents is 1. The molecule has 0 radical (unpaired) electrons. The summed E-state index contributed by atoms with van der Waals surface area (Å²) in [5, 5.41) is 19.3. The second kappa shape index (κ2) is 6.02. The molecule has 0 aliphatic carbocycles. The van der Waals surface area contributed by atoms with Crippen molar-refractivity contribution < 1.29 is 14.5 Å². The molecular weight excluding hydrogens is 256 g/mol. The summed E-state index contributed by atoms with van der Waals surface area (Å²) in [5.74, 6) is -0.750. The largest absolute Gasteiger partial charge is 0.444 e. The molecule has 0 aliphatic heterocycles. The highest BCUT2D eigenvalue weighted by atomic mass is 32.2. The molecule has 0 unspecified atom stereocenters. The van der Waals surface area contributed by atoms with E-state index in [0.29, 0.717) is 4.90 Å². The zero-order valence-electron chi connectivity index (χ0n) is 9.75. The van der Waals surface area contributed by atoms with Crippen LogP contribution in [0.1, 0.15) is 17.3 Å². The van der Waals surface area contributed by atoms with Crippen molar-refractivity contribution in [3.05, 3.63) is 33.9 Å². The van der Waals surface area contributed by atoms with Gasteiger partial charge in [0.25, 0.3) is 5.69 Å². The third kappa shape index (κ3) is 3.21. The Morgan fingerprint density at radius 3 is 2.78 bits per heavy atom. The lowest BCUT2D eigenvalue weighted by Crippen LogP contribution is -2.13. The smallest absolute Gasteiger partial charge is 0.339 e. The number of thioether (sulfide) groups is 1. The number of nitrogens with zero attached hydrogens (tertiary/aromatic N) is 2. The van der Waals surface area contributed by atoms with Crippen molar-refractivity contribution in [3.8, 4) is 6.07 Å². The minimum atomic E-state index is -0.892. The summed E-state index contributed by atoms with van der Waals surface area (Å²) in [6.45, 7) is 1.42. The lowest BCUT2D eigenvalue weighted by atomic mass is 10.2. The van der Waals surface area contributed by atoms with Crippen LogP contribution >= 0.6 is 11.8 Å². The molecule has 1 aromatic carbocycles. The Kier molecular flexibility index (Phi) is 4.68. The molecule has 0 aromatic heterocycles. The summed E-state index contributed by atoms with van der Waals surface area (Å²) in [6, 6.07) is 5.81. The average Bonchev–Trinajstić information content (AvgIpc) is 2.37. The van der Waals surface area contributed by atoms with Gasteiger partial charge < -0.3 is 4.74 Å². The highest BCUT2D eigenvalue weighted by Gasteiger charge is 2.18. The standard InChI is InChI=1S/C11H10N2O4S/c1-7(6-12)17-11(14)8-3-4-10(18-2)9(5-8)13(15)16/h3-5,7H,1-2H3/t7-/m1/s1. The molecule has 1 aromatic rings. The van der Waals surface area contributed by atoms with Gasteiger partial charge in [0, 0.05) is 6.07 Å². The van der Waals surface area contributed by atoms with Crippen LogP contribution in [0, 0.1) is 21.4 Å². The zero-order chi connectivity index (χ0) is 13.7. The number of hydrogen-bond acceptors (Lipinski definition) is 6. The number of nitriles is 1. The molecule has 6 nitrogen and oxygen atoms in total. The molecule has 0 N–H and O–H groups in total. The minimum Gasteiger partial charge on any atom is -0.444 e. The van der Waals surface area contributed by atoms with Crippen LogP contribution < -0.4 is 0 Å². The number of carbonyl (C=O) groups is 1. The van der Waals surface area contributed by atoms with Gasteiger partial charge in [-0.15, -0.1) is 11.8 Å². The van der Waals surface area contributed by atoms with E-state index >= 15 is 0 Å². The van der Waals surface area contributed by atoms with E-state index in [1.54, 1.807) is 12.3 Å². The van der Waals surface area contributed by atoms with Crippen molar-refractivity contribution in [2.45, 2.75) is 17.9 Å². The molecule has 0 heterocycles. The van der Waals surface area contributed by atoms with Gasteiger partial charge in [0.1, 0.15) is 6.07 Å². The molecule has 0 saturated carbocycles. The molecule has 94 valence electrons. The third-order valence-electron chi connectivity index (χ3n) is 2.08. The Balaban J connectivity index is 3.05. The number of carbonyl (C=O) groups excluding carboxylic acids is 1. The molecule has 1 atom stereocenters. The van der Waals surface area contributed by atoms with E-state index in [1.165, 1.54) is 30.8 Å². The van der Waals surface area contributed by atoms with Gasteiger partial charge in [0.05, 0.1) is 15.4 Å². The van der Waals surface area contributed by atoms with Crippen LogP contribution in [-0.2, 0) is 4.74 Å². The average molecular weight is 266 g/mol. The molecule has 0 amide bonds. The third-order valence-corrected chi connectivity index (χ3v) is 2.86. The van der Waals surface area contributed by atoms with E-state index in [1.807, 2.05) is 0 Å². The van der Waals surface area contributed by atoms with Crippen molar-refractivity contribution in [2.24, 2.45) is 0 Å². The fourth-order valence-corrected chi connectivity index (χ4v) is 1.76. The van der Waals surface area contributed by atoms with Gasteiger partial charge in [-0.05, 0) is 25.3 Å². The Labute approximate surface area is 108 Å². The maximum atomic E-state index is 11.6. The summed E-state index contributed by atoms with van der Waals surface area (Å²) in [5.41, 5.74) is -0.0943. The zero-order valence-corrected chi connectivity index (χ0v) is 10.6. The number of benzene rings is 1. The predicted molar refractivity (Wildman–Crippen MR) is 65.4 cm³/mol. The van der Waals surface area contributed by atoms with Gasteiger partial charge in [-0.2, -0.15) is 5.26 Å². The van der Waals surface area contributed by atoms with Crippen LogP contribution in [0.5, 0.6) is 0 Å². The summed E-state index contributed by atoms with van der Waals surface area (Å²) < 4.78 is 4.76. The molecule has 0 spiro atoms. The molecular formula is C11H10N2O4S. The number of nitro groups is 1. The normalized spacial score (nSPS) is 11.4. The van der Waals surface area contributed by atoms with Crippen molar-refractivity contribution in [1.82, 2.24) is 0 Å². The highest BCUT2D eigenvalue weighted by Crippen LogP contribution is 2.28. The van der Waals surface area contributed by atoms with Crippen LogP contribution in [0.4, 0.5) is 5.69 Å². The van der Waals surface area contributed by atoms with E-state index in [-0.39, 0.29) is 11.3 Å². The second-order valence-electron chi connectivity index (χ2n) is 3.32. The van der Waals surface area contributed by atoms with E-state index in [9.17, 15) is 14.9 Å². The highest BCUT2D eigenvalue weighted by molar-refractivity contribution is 7.98. The van der Waals surface area contributed by atoms with Crippen molar-refractivity contribution in [1.29, 1.82) is 5.26 Å². The van der Waals surface area contributed by atoms with Gasteiger partial charge in [-0.1, -0.05) is 0 Å². The van der Waals surface area contributed by atoms with Gasteiger partial charge in [-0.25, -0.2) is 4.79 Å². The maximum absolute atomic E-state index is 11.6. The minimum absolute atomic E-state index is 0.0570. The Hall–Kier alpha value is -2.07. The van der Waals surface area contributed by atoms with Crippen LogP contribution in [0.25, 0.3) is 0 Å². The summed E-state index contributed by atoms with van der Waals surface area (Å²) in [4.78, 5) is 22.3. The molecule has 0 saturated heterocycles. The molecule has 0 aliphatic rings. The Bertz CT molecular complexity index is 524. The van der Waals surface area contributed by atoms with Crippen molar-refractivity contribution in [2.75, 3.05) is 6.26 Å². The number of hydrogen-bond donors (Lipinski definition) is 0. The Morgan fingerprint density at radius 1 is 1.61 bits per heavy atom. The number of esters is 1. The van der Waals surface area contributed by atoms with E-state index in [2.05, 4.69) is 0 Å². The maximum Gasteiger partial charge on any atom is 0.339 e. The van der Waals surface area contributed by atoms with E-state index < -0.39 is 17.0 Å². The number of ether oxygens (including phenoxy) is 1. The predicted octanol–water partition coefficient (Wildman–Crippen LogP) is 2.39. The lowest BCUT2D eigenvalue weighted by molar-refractivity contribution is -0.387. The summed E-state index contributed by atoms with van der Waals surface area (Å²) >= 11 is 1.22. The van der Waals surface area contributed by atoms with Gasteiger partial charge in [0.15, 0.2) is 6.10 Å². The molecule has 7 heteroatoms. The first kappa shape index (κ1) is 14.0. The number of rotatable bonds is 4. The van der Waals surface area contributed by atoms with Crippen LogP contribution in [0.15, 0.2) is 23.1 Å².